The Bertz CT molecular complexity index is 904. The lowest BCUT2D eigenvalue weighted by Gasteiger charge is -2.08. The molecule has 0 fully saturated rings. The number of nitrogens with one attached hydrogen (secondary N) is 1. The normalized spacial score (nSPS) is 10.3. The van der Waals surface area contributed by atoms with E-state index in [-0.39, 0.29) is 12.5 Å². The van der Waals surface area contributed by atoms with E-state index in [4.69, 9.17) is 14.0 Å². The monoisotopic (exact) mass is 366 g/mol. The number of esters is 1. The zero-order valence-electron chi connectivity index (χ0n) is 14.7. The van der Waals surface area contributed by atoms with Crippen molar-refractivity contribution in [3.63, 3.8) is 0 Å². The van der Waals surface area contributed by atoms with Crippen molar-refractivity contribution >= 4 is 17.6 Å². The molecular formula is C20H18N2O5. The number of aryl methyl sites for hydroxylation is 1. The molecule has 7 nitrogen and oxygen atoms in total. The Hall–Kier alpha value is -3.61. The largest absolute Gasteiger partial charge is 0.463 e. The summed E-state index contributed by atoms with van der Waals surface area (Å²) < 4.78 is 14.8. The average Bonchev–Trinajstić information content (AvgIpc) is 3.11. The topological polar surface area (TPSA) is 90.7 Å². The van der Waals surface area contributed by atoms with Gasteiger partial charge < -0.3 is 19.3 Å². The summed E-state index contributed by atoms with van der Waals surface area (Å²) >= 11 is 0. The van der Waals surface area contributed by atoms with Crippen molar-refractivity contribution in [2.75, 3.05) is 18.5 Å². The lowest BCUT2D eigenvalue weighted by atomic mass is 10.1. The van der Waals surface area contributed by atoms with E-state index in [1.54, 1.807) is 25.1 Å². The standard InChI is InChI=1S/C20H18N2O5/c1-14-11-19(22-27-14)25-13-20(24)26-12-18(23)21-17-9-7-16(8-10-17)15-5-3-2-4-6-15/h2-11H,12-13H2,1H3,(H,21,23). The van der Waals surface area contributed by atoms with Crippen LogP contribution in [0.25, 0.3) is 11.1 Å². The van der Waals surface area contributed by atoms with Gasteiger partial charge in [0.05, 0.1) is 0 Å². The number of ether oxygens (including phenoxy) is 2. The Balaban J connectivity index is 1.43. The van der Waals surface area contributed by atoms with E-state index in [9.17, 15) is 9.59 Å². The zero-order chi connectivity index (χ0) is 19.1. The Morgan fingerprint density at radius 1 is 1.00 bits per heavy atom. The number of carbonyl (C=O) groups is 2. The predicted octanol–water partition coefficient (Wildman–Crippen LogP) is 3.21. The van der Waals surface area contributed by atoms with Crippen LogP contribution >= 0.6 is 0 Å². The summed E-state index contributed by atoms with van der Waals surface area (Å²) in [6, 6.07) is 18.8. The highest BCUT2D eigenvalue weighted by Gasteiger charge is 2.10. The van der Waals surface area contributed by atoms with E-state index in [0.29, 0.717) is 11.4 Å². The van der Waals surface area contributed by atoms with Crippen LogP contribution in [0, 0.1) is 6.92 Å². The van der Waals surface area contributed by atoms with Crippen molar-refractivity contribution in [3.05, 3.63) is 66.4 Å². The maximum absolute atomic E-state index is 11.9. The van der Waals surface area contributed by atoms with Gasteiger partial charge in [-0.1, -0.05) is 42.5 Å². The van der Waals surface area contributed by atoms with Crippen LogP contribution in [-0.2, 0) is 14.3 Å². The van der Waals surface area contributed by atoms with Crippen molar-refractivity contribution in [2.45, 2.75) is 6.92 Å². The third-order valence-corrected chi connectivity index (χ3v) is 3.58. The molecule has 3 rings (SSSR count). The van der Waals surface area contributed by atoms with Crippen LogP contribution in [0.15, 0.2) is 65.2 Å². The van der Waals surface area contributed by atoms with Gasteiger partial charge in [0.25, 0.3) is 11.8 Å². The van der Waals surface area contributed by atoms with Gasteiger partial charge in [-0.2, -0.15) is 0 Å². The number of hydrogen-bond donors (Lipinski definition) is 1. The van der Waals surface area contributed by atoms with Crippen molar-refractivity contribution < 1.29 is 23.6 Å². The molecular weight excluding hydrogens is 348 g/mol. The fourth-order valence-electron chi connectivity index (χ4n) is 2.31. The van der Waals surface area contributed by atoms with Crippen LogP contribution in [0.5, 0.6) is 5.88 Å². The third kappa shape index (κ3) is 5.43. The molecule has 0 spiro atoms. The molecule has 3 aromatic rings. The van der Waals surface area contributed by atoms with Gasteiger partial charge in [0, 0.05) is 11.8 Å². The molecule has 0 aliphatic carbocycles. The van der Waals surface area contributed by atoms with Crippen molar-refractivity contribution in [1.82, 2.24) is 5.16 Å². The summed E-state index contributed by atoms with van der Waals surface area (Å²) in [5.74, 6) is -0.359. The molecule has 7 heteroatoms. The van der Waals surface area contributed by atoms with Gasteiger partial charge in [-0.15, -0.1) is 0 Å². The molecule has 0 atom stereocenters. The number of amides is 1. The number of hydrogen-bond acceptors (Lipinski definition) is 6. The fourth-order valence-corrected chi connectivity index (χ4v) is 2.31. The van der Waals surface area contributed by atoms with E-state index in [2.05, 4.69) is 10.5 Å². The number of anilines is 1. The van der Waals surface area contributed by atoms with E-state index in [1.807, 2.05) is 42.5 Å². The molecule has 2 aromatic carbocycles. The number of carbonyl (C=O) groups excluding carboxylic acids is 2. The lowest BCUT2D eigenvalue weighted by Crippen LogP contribution is -2.23. The molecule has 138 valence electrons. The molecule has 1 aromatic heterocycles. The fraction of sp³-hybridized carbons (Fsp3) is 0.150. The Morgan fingerprint density at radius 2 is 1.70 bits per heavy atom. The third-order valence-electron chi connectivity index (χ3n) is 3.58. The molecule has 1 N–H and O–H groups in total. The van der Waals surface area contributed by atoms with Gasteiger partial charge in [-0.25, -0.2) is 4.79 Å². The van der Waals surface area contributed by atoms with E-state index in [1.165, 1.54) is 0 Å². The van der Waals surface area contributed by atoms with Gasteiger partial charge in [0.1, 0.15) is 5.76 Å². The maximum Gasteiger partial charge on any atom is 0.344 e. The van der Waals surface area contributed by atoms with Crippen LogP contribution in [0.1, 0.15) is 5.76 Å². The van der Waals surface area contributed by atoms with Gasteiger partial charge in [-0.05, 0) is 35.3 Å². The van der Waals surface area contributed by atoms with E-state index in [0.717, 1.165) is 11.1 Å². The minimum atomic E-state index is -0.676. The van der Waals surface area contributed by atoms with Crippen molar-refractivity contribution in [3.8, 4) is 17.0 Å². The smallest absolute Gasteiger partial charge is 0.344 e. The number of nitrogens with zero attached hydrogens (tertiary/aromatic N) is 1. The van der Waals surface area contributed by atoms with Crippen LogP contribution in [-0.4, -0.2) is 30.2 Å². The second kappa shape index (κ2) is 8.66. The summed E-state index contributed by atoms with van der Waals surface area (Å²) in [5, 5.41) is 6.25. The van der Waals surface area contributed by atoms with Gasteiger partial charge in [0.2, 0.25) is 0 Å². The zero-order valence-corrected chi connectivity index (χ0v) is 14.7. The molecule has 0 radical (unpaired) electrons. The van der Waals surface area contributed by atoms with Crippen LogP contribution in [0.4, 0.5) is 5.69 Å². The molecule has 0 bridgehead atoms. The molecule has 0 saturated carbocycles. The molecule has 1 amide bonds. The van der Waals surface area contributed by atoms with Crippen molar-refractivity contribution in [1.29, 1.82) is 0 Å². The maximum atomic E-state index is 11.9. The van der Waals surface area contributed by atoms with Gasteiger partial charge in [0.15, 0.2) is 13.2 Å². The minimum Gasteiger partial charge on any atom is -0.463 e. The number of aromatic nitrogens is 1. The van der Waals surface area contributed by atoms with Gasteiger partial charge in [-0.3, -0.25) is 4.79 Å². The first kappa shape index (κ1) is 18.2. The number of benzene rings is 2. The number of rotatable bonds is 7. The molecule has 0 saturated heterocycles. The quantitative estimate of drug-likeness (QED) is 0.646. The second-order valence-electron chi connectivity index (χ2n) is 5.72. The van der Waals surface area contributed by atoms with E-state index < -0.39 is 18.5 Å². The Labute approximate surface area is 155 Å². The first-order chi connectivity index (χ1) is 13.1. The second-order valence-corrected chi connectivity index (χ2v) is 5.72. The van der Waals surface area contributed by atoms with Crippen molar-refractivity contribution in [2.24, 2.45) is 0 Å². The highest BCUT2D eigenvalue weighted by Crippen LogP contribution is 2.20. The summed E-state index contributed by atoms with van der Waals surface area (Å²) in [5.41, 5.74) is 2.75. The minimum absolute atomic E-state index is 0.187. The lowest BCUT2D eigenvalue weighted by molar-refractivity contribution is -0.149. The van der Waals surface area contributed by atoms with Gasteiger partial charge >= 0.3 is 5.97 Å². The highest BCUT2D eigenvalue weighted by molar-refractivity contribution is 5.93. The molecule has 1 heterocycles. The summed E-state index contributed by atoms with van der Waals surface area (Å²) in [6.07, 6.45) is 0. The molecule has 0 aliphatic rings. The van der Waals surface area contributed by atoms with Crippen LogP contribution in [0.3, 0.4) is 0 Å². The highest BCUT2D eigenvalue weighted by atomic mass is 16.6. The first-order valence-corrected chi connectivity index (χ1v) is 8.27. The molecule has 27 heavy (non-hydrogen) atoms. The molecule has 0 unspecified atom stereocenters. The Kier molecular flexibility index (Phi) is 5.84. The summed E-state index contributed by atoms with van der Waals surface area (Å²) in [4.78, 5) is 23.5. The SMILES string of the molecule is Cc1cc(OCC(=O)OCC(=O)Nc2ccc(-c3ccccc3)cc2)no1. The summed E-state index contributed by atoms with van der Waals surface area (Å²) in [6.45, 7) is 0.945. The molecule has 0 aliphatic heterocycles. The van der Waals surface area contributed by atoms with Crippen LogP contribution in [0.2, 0.25) is 0 Å². The Morgan fingerprint density at radius 3 is 2.37 bits per heavy atom. The first-order valence-electron chi connectivity index (χ1n) is 8.27. The summed E-state index contributed by atoms with van der Waals surface area (Å²) in [7, 11) is 0. The predicted molar refractivity (Wildman–Crippen MR) is 98.2 cm³/mol. The van der Waals surface area contributed by atoms with E-state index >= 15 is 0 Å². The average molecular weight is 366 g/mol. The van der Waals surface area contributed by atoms with Crippen LogP contribution < -0.4 is 10.1 Å².